The molecule has 0 spiro atoms. The number of aromatic hydroxyl groups is 1. The van der Waals surface area contributed by atoms with Gasteiger partial charge in [-0.1, -0.05) is 18.2 Å². The van der Waals surface area contributed by atoms with Gasteiger partial charge in [-0.2, -0.15) is 0 Å². The summed E-state index contributed by atoms with van der Waals surface area (Å²) >= 11 is 0. The Bertz CT molecular complexity index is 931. The van der Waals surface area contributed by atoms with Gasteiger partial charge >= 0.3 is 11.9 Å². The van der Waals surface area contributed by atoms with Crippen molar-refractivity contribution in [1.29, 1.82) is 0 Å². The summed E-state index contributed by atoms with van der Waals surface area (Å²) in [5.41, 5.74) is 1.38. The van der Waals surface area contributed by atoms with Gasteiger partial charge in [-0.25, -0.2) is 9.59 Å². The van der Waals surface area contributed by atoms with Gasteiger partial charge in [0.2, 0.25) is 0 Å². The first-order valence-corrected chi connectivity index (χ1v) is 9.30. The molecule has 8 heteroatoms. The molecule has 2 aromatic carbocycles. The molecule has 0 amide bonds. The average molecular weight is 428 g/mol. The molecule has 0 aliphatic carbocycles. The Morgan fingerprint density at radius 1 is 0.935 bits per heavy atom. The van der Waals surface area contributed by atoms with Gasteiger partial charge in [0.25, 0.3) is 0 Å². The molecule has 0 radical (unpaired) electrons. The molecule has 0 aliphatic rings. The van der Waals surface area contributed by atoms with Crippen LogP contribution in [0, 0.1) is 0 Å². The van der Waals surface area contributed by atoms with Crippen molar-refractivity contribution in [2.24, 2.45) is 0 Å². The van der Waals surface area contributed by atoms with E-state index in [0.717, 1.165) is 5.56 Å². The van der Waals surface area contributed by atoms with Gasteiger partial charge in [0.15, 0.2) is 17.6 Å². The molecule has 2 N–H and O–H groups in total. The Morgan fingerprint density at radius 3 is 2.23 bits per heavy atom. The number of phenolic OH excluding ortho intramolecular Hbond substituents is 1. The number of methoxy groups -OCH3 is 2. The monoisotopic (exact) mass is 428 g/mol. The second-order valence-electron chi connectivity index (χ2n) is 6.24. The largest absolute Gasteiger partial charge is 0.504 e. The predicted molar refractivity (Wildman–Crippen MR) is 114 cm³/mol. The Labute approximate surface area is 179 Å². The highest BCUT2D eigenvalue weighted by Gasteiger charge is 2.14. The van der Waals surface area contributed by atoms with E-state index in [-0.39, 0.29) is 18.1 Å². The number of carbonyl (C=O) groups is 2. The quantitative estimate of drug-likeness (QED) is 0.439. The van der Waals surface area contributed by atoms with Crippen molar-refractivity contribution in [2.45, 2.75) is 6.10 Å². The van der Waals surface area contributed by atoms with Gasteiger partial charge in [-0.15, -0.1) is 0 Å². The molecular formula is C23H24O8. The molecule has 8 nitrogen and oxygen atoms in total. The molecule has 2 rings (SSSR count). The van der Waals surface area contributed by atoms with Crippen LogP contribution in [-0.2, 0) is 19.1 Å². The number of hydrogen-bond acceptors (Lipinski definition) is 8. The second-order valence-corrected chi connectivity index (χ2v) is 6.24. The third kappa shape index (κ3) is 7.87. The molecule has 0 heterocycles. The molecule has 164 valence electrons. The molecule has 0 aromatic heterocycles. The fourth-order valence-corrected chi connectivity index (χ4v) is 2.39. The van der Waals surface area contributed by atoms with E-state index in [9.17, 15) is 19.8 Å². The summed E-state index contributed by atoms with van der Waals surface area (Å²) in [4.78, 5) is 23.8. The van der Waals surface area contributed by atoms with E-state index in [1.54, 1.807) is 49.6 Å². The zero-order valence-electron chi connectivity index (χ0n) is 17.2. The van der Waals surface area contributed by atoms with Crippen molar-refractivity contribution in [3.8, 4) is 17.2 Å². The minimum Gasteiger partial charge on any atom is -0.504 e. The van der Waals surface area contributed by atoms with E-state index in [1.165, 1.54) is 31.4 Å². The number of phenols is 1. The van der Waals surface area contributed by atoms with Crippen LogP contribution < -0.4 is 9.47 Å². The van der Waals surface area contributed by atoms with Crippen LogP contribution in [0.1, 0.15) is 11.1 Å². The minimum atomic E-state index is -1.00. The van der Waals surface area contributed by atoms with Crippen LogP contribution in [0.2, 0.25) is 0 Å². The van der Waals surface area contributed by atoms with Crippen LogP contribution in [0.3, 0.4) is 0 Å². The highest BCUT2D eigenvalue weighted by atomic mass is 16.6. The fraction of sp³-hybridized carbons (Fsp3) is 0.217. The van der Waals surface area contributed by atoms with Gasteiger partial charge in [0.05, 0.1) is 20.8 Å². The molecule has 0 saturated carbocycles. The summed E-state index contributed by atoms with van der Waals surface area (Å²) in [6.45, 7) is -0.811. The maximum Gasteiger partial charge on any atom is 0.331 e. The lowest BCUT2D eigenvalue weighted by molar-refractivity contribution is -0.154. The number of carbonyl (C=O) groups excluding carboxylic acids is 2. The van der Waals surface area contributed by atoms with Gasteiger partial charge in [-0.3, -0.25) is 0 Å². The molecule has 0 fully saturated rings. The highest BCUT2D eigenvalue weighted by molar-refractivity contribution is 5.88. The van der Waals surface area contributed by atoms with E-state index >= 15 is 0 Å². The van der Waals surface area contributed by atoms with Crippen molar-refractivity contribution in [1.82, 2.24) is 0 Å². The molecule has 1 atom stereocenters. The number of esters is 2. The Hall–Kier alpha value is -3.78. The SMILES string of the molecule is COc1ccc(C=CC(=O)OC(CO)COC(=O)C=Cc2ccc(O)c(OC)c2)cc1. The Kier molecular flexibility index (Phi) is 9.13. The third-order valence-corrected chi connectivity index (χ3v) is 4.04. The summed E-state index contributed by atoms with van der Waals surface area (Å²) in [5.74, 6) is -0.421. The molecule has 31 heavy (non-hydrogen) atoms. The first kappa shape index (κ1) is 23.5. The average Bonchev–Trinajstić information content (AvgIpc) is 2.80. The van der Waals surface area contributed by atoms with Crippen LogP contribution in [0.15, 0.2) is 54.6 Å². The smallest absolute Gasteiger partial charge is 0.331 e. The first-order valence-electron chi connectivity index (χ1n) is 9.30. The van der Waals surface area contributed by atoms with Gasteiger partial charge in [-0.05, 0) is 47.5 Å². The van der Waals surface area contributed by atoms with Gasteiger partial charge < -0.3 is 29.2 Å². The van der Waals surface area contributed by atoms with Crippen molar-refractivity contribution in [3.05, 3.63) is 65.7 Å². The first-order chi connectivity index (χ1) is 14.9. The van der Waals surface area contributed by atoms with Crippen LogP contribution in [0.4, 0.5) is 0 Å². The standard InChI is InChI=1S/C23H24O8/c1-28-18-8-3-16(4-9-18)6-12-23(27)31-19(14-24)15-30-22(26)11-7-17-5-10-20(25)21(13-17)29-2/h3-13,19,24-25H,14-15H2,1-2H3. The number of aliphatic hydroxyl groups is 1. The molecular weight excluding hydrogens is 404 g/mol. The zero-order chi connectivity index (χ0) is 22.6. The van der Waals surface area contributed by atoms with Crippen molar-refractivity contribution in [3.63, 3.8) is 0 Å². The van der Waals surface area contributed by atoms with E-state index in [4.69, 9.17) is 18.9 Å². The van der Waals surface area contributed by atoms with E-state index in [0.29, 0.717) is 11.3 Å². The third-order valence-electron chi connectivity index (χ3n) is 4.04. The summed E-state index contributed by atoms with van der Waals surface area (Å²) < 4.78 is 20.1. The van der Waals surface area contributed by atoms with Crippen molar-refractivity contribution in [2.75, 3.05) is 27.4 Å². The zero-order valence-corrected chi connectivity index (χ0v) is 17.2. The second kappa shape index (κ2) is 12.0. The van der Waals surface area contributed by atoms with Crippen LogP contribution >= 0.6 is 0 Å². The van der Waals surface area contributed by atoms with Gasteiger partial charge in [0.1, 0.15) is 12.4 Å². The molecule has 0 saturated heterocycles. The molecule has 0 bridgehead atoms. The summed E-state index contributed by atoms with van der Waals surface area (Å²) in [6, 6.07) is 11.6. The maximum absolute atomic E-state index is 11.9. The molecule has 1 unspecified atom stereocenters. The van der Waals surface area contributed by atoms with Crippen molar-refractivity contribution >= 4 is 24.1 Å². The van der Waals surface area contributed by atoms with Crippen LogP contribution in [0.5, 0.6) is 17.2 Å². The number of rotatable bonds is 10. The molecule has 0 aliphatic heterocycles. The minimum absolute atomic E-state index is 0.0177. The molecule has 2 aromatic rings. The number of hydrogen-bond donors (Lipinski definition) is 2. The lowest BCUT2D eigenvalue weighted by Gasteiger charge is -2.13. The highest BCUT2D eigenvalue weighted by Crippen LogP contribution is 2.26. The summed E-state index contributed by atoms with van der Waals surface area (Å²) in [7, 11) is 2.98. The van der Waals surface area contributed by atoms with Crippen LogP contribution in [0.25, 0.3) is 12.2 Å². The van der Waals surface area contributed by atoms with Gasteiger partial charge in [0, 0.05) is 12.2 Å². The number of aliphatic hydroxyl groups excluding tert-OH is 1. The van der Waals surface area contributed by atoms with Crippen molar-refractivity contribution < 1.29 is 38.7 Å². The fourth-order valence-electron chi connectivity index (χ4n) is 2.39. The van der Waals surface area contributed by atoms with E-state index in [1.807, 2.05) is 0 Å². The summed E-state index contributed by atoms with van der Waals surface area (Å²) in [6.07, 6.45) is 4.41. The lowest BCUT2D eigenvalue weighted by atomic mass is 10.2. The lowest BCUT2D eigenvalue weighted by Crippen LogP contribution is -2.27. The van der Waals surface area contributed by atoms with E-state index in [2.05, 4.69) is 0 Å². The predicted octanol–water partition coefficient (Wildman–Crippen LogP) is 2.58. The van der Waals surface area contributed by atoms with E-state index < -0.39 is 24.6 Å². The van der Waals surface area contributed by atoms with Crippen LogP contribution in [-0.4, -0.2) is 55.7 Å². The Morgan fingerprint density at radius 2 is 1.58 bits per heavy atom. The number of benzene rings is 2. The summed E-state index contributed by atoms with van der Waals surface area (Å²) in [5, 5.41) is 18.9. The Balaban J connectivity index is 1.82. The maximum atomic E-state index is 11.9. The normalized spacial score (nSPS) is 12.0. The topological polar surface area (TPSA) is 112 Å². The number of ether oxygens (including phenoxy) is 4.